The van der Waals surface area contributed by atoms with Crippen LogP contribution in [0.2, 0.25) is 0 Å². The molecule has 0 saturated carbocycles. The molecule has 8 heteroatoms. The van der Waals surface area contributed by atoms with Gasteiger partial charge in [0.25, 0.3) is 11.6 Å². The summed E-state index contributed by atoms with van der Waals surface area (Å²) in [6, 6.07) is 14.4. The summed E-state index contributed by atoms with van der Waals surface area (Å²) in [5.74, 6) is -0.325. The van der Waals surface area contributed by atoms with Crippen LogP contribution in [0.3, 0.4) is 0 Å². The number of nitro benzene ring substituents is 1. The van der Waals surface area contributed by atoms with Crippen LogP contribution in [-0.2, 0) is 4.74 Å². The van der Waals surface area contributed by atoms with Crippen molar-refractivity contribution in [1.29, 1.82) is 0 Å². The Labute approximate surface area is 164 Å². The van der Waals surface area contributed by atoms with Gasteiger partial charge in [0.2, 0.25) is 0 Å². The fourth-order valence-electron chi connectivity index (χ4n) is 2.69. The third-order valence-corrected chi connectivity index (χ3v) is 4.23. The molecule has 2 N–H and O–H groups in total. The second-order valence-electron chi connectivity index (χ2n) is 6.28. The summed E-state index contributed by atoms with van der Waals surface area (Å²) in [4.78, 5) is 25.2. The zero-order valence-electron chi connectivity index (χ0n) is 16.2. The van der Waals surface area contributed by atoms with Crippen LogP contribution >= 0.6 is 0 Å². The average molecular weight is 386 g/mol. The molecule has 0 saturated heterocycles. The van der Waals surface area contributed by atoms with Crippen LogP contribution in [0.4, 0.5) is 17.1 Å². The Kier molecular flexibility index (Phi) is 8.23. The fraction of sp³-hybridized carbons (Fsp3) is 0.350. The van der Waals surface area contributed by atoms with Crippen molar-refractivity contribution >= 4 is 23.0 Å². The first-order valence-electron chi connectivity index (χ1n) is 9.08. The quantitative estimate of drug-likeness (QED) is 0.350. The van der Waals surface area contributed by atoms with Crippen molar-refractivity contribution in [2.75, 3.05) is 50.6 Å². The maximum absolute atomic E-state index is 12.3. The number of benzene rings is 2. The van der Waals surface area contributed by atoms with Crippen molar-refractivity contribution in [3.8, 4) is 0 Å². The summed E-state index contributed by atoms with van der Waals surface area (Å²) >= 11 is 0. The van der Waals surface area contributed by atoms with Gasteiger partial charge in [0.1, 0.15) is 5.69 Å². The van der Waals surface area contributed by atoms with Gasteiger partial charge in [-0.3, -0.25) is 14.9 Å². The van der Waals surface area contributed by atoms with Gasteiger partial charge in [-0.15, -0.1) is 0 Å². The van der Waals surface area contributed by atoms with E-state index in [1.54, 1.807) is 19.2 Å². The number of nitro groups is 1. The predicted molar refractivity (Wildman–Crippen MR) is 110 cm³/mol. The summed E-state index contributed by atoms with van der Waals surface area (Å²) in [6.45, 7) is 2.14. The molecule has 0 aliphatic rings. The molecule has 0 bridgehead atoms. The molecule has 8 nitrogen and oxygen atoms in total. The molecule has 1 amide bonds. The molecule has 0 aromatic heterocycles. The van der Waals surface area contributed by atoms with E-state index in [1.165, 1.54) is 6.07 Å². The number of hydrogen-bond acceptors (Lipinski definition) is 6. The number of carbonyl (C=O) groups excluding carboxylic acids is 1. The van der Waals surface area contributed by atoms with Crippen molar-refractivity contribution in [2.45, 2.75) is 6.42 Å². The van der Waals surface area contributed by atoms with E-state index in [0.717, 1.165) is 18.7 Å². The molecular weight excluding hydrogens is 360 g/mol. The van der Waals surface area contributed by atoms with Crippen LogP contribution in [0, 0.1) is 10.1 Å². The van der Waals surface area contributed by atoms with Gasteiger partial charge in [-0.25, -0.2) is 0 Å². The number of hydrogen-bond donors (Lipinski definition) is 2. The zero-order chi connectivity index (χ0) is 20.4. The van der Waals surface area contributed by atoms with Crippen LogP contribution < -0.4 is 15.5 Å². The van der Waals surface area contributed by atoms with Crippen molar-refractivity contribution in [1.82, 2.24) is 5.32 Å². The number of rotatable bonds is 11. The van der Waals surface area contributed by atoms with Crippen molar-refractivity contribution in [2.24, 2.45) is 0 Å². The Morgan fingerprint density at radius 3 is 2.61 bits per heavy atom. The van der Waals surface area contributed by atoms with Crippen LogP contribution in [0.5, 0.6) is 0 Å². The lowest BCUT2D eigenvalue weighted by Crippen LogP contribution is -2.28. The zero-order valence-corrected chi connectivity index (χ0v) is 16.2. The molecule has 2 aromatic rings. The number of methoxy groups -OCH3 is 1. The molecule has 2 aromatic carbocycles. The van der Waals surface area contributed by atoms with Gasteiger partial charge in [-0.05, 0) is 30.7 Å². The molecule has 0 fully saturated rings. The Balaban J connectivity index is 1.87. The van der Waals surface area contributed by atoms with Gasteiger partial charge in [0, 0.05) is 51.1 Å². The Morgan fingerprint density at radius 1 is 1.18 bits per heavy atom. The molecule has 150 valence electrons. The lowest BCUT2D eigenvalue weighted by Gasteiger charge is -2.19. The largest absolute Gasteiger partial charge is 0.383 e. The standard InChI is InChI=1S/C20H26N4O4/c1-23(17-7-4-3-5-8-17)13-6-11-22-20(25)16-9-10-18(21-12-14-28-2)19(15-16)24(26)27/h3-5,7-10,15,21H,6,11-14H2,1-2H3,(H,22,25). The fourth-order valence-corrected chi connectivity index (χ4v) is 2.69. The first kappa shape index (κ1) is 21.2. The van der Waals surface area contributed by atoms with Crippen molar-refractivity contribution < 1.29 is 14.5 Å². The highest BCUT2D eigenvalue weighted by Crippen LogP contribution is 2.25. The van der Waals surface area contributed by atoms with Crippen LogP contribution in [0.1, 0.15) is 16.8 Å². The first-order chi connectivity index (χ1) is 13.5. The number of ether oxygens (including phenoxy) is 1. The molecule has 2 rings (SSSR count). The van der Waals surface area contributed by atoms with E-state index in [-0.39, 0.29) is 17.2 Å². The third-order valence-electron chi connectivity index (χ3n) is 4.23. The SMILES string of the molecule is COCCNc1ccc(C(=O)NCCCN(C)c2ccccc2)cc1[N+](=O)[O-]. The monoisotopic (exact) mass is 386 g/mol. The summed E-state index contributed by atoms with van der Waals surface area (Å²) in [6.07, 6.45) is 0.760. The Morgan fingerprint density at radius 2 is 1.93 bits per heavy atom. The highest BCUT2D eigenvalue weighted by atomic mass is 16.6. The molecule has 0 aliphatic carbocycles. The normalized spacial score (nSPS) is 10.4. The van der Waals surface area contributed by atoms with Gasteiger partial charge < -0.3 is 20.3 Å². The van der Waals surface area contributed by atoms with E-state index < -0.39 is 4.92 Å². The number of nitrogens with zero attached hydrogens (tertiary/aromatic N) is 2. The molecule has 0 heterocycles. The number of para-hydroxylation sites is 1. The highest BCUT2D eigenvalue weighted by molar-refractivity contribution is 5.95. The first-order valence-corrected chi connectivity index (χ1v) is 9.08. The van der Waals surface area contributed by atoms with E-state index >= 15 is 0 Å². The molecule has 0 radical (unpaired) electrons. The average Bonchev–Trinajstić information content (AvgIpc) is 2.71. The summed E-state index contributed by atoms with van der Waals surface area (Å²) in [5, 5.41) is 17.0. The predicted octanol–water partition coefficient (Wildman–Crippen LogP) is 2.91. The van der Waals surface area contributed by atoms with Crippen molar-refractivity contribution in [3.63, 3.8) is 0 Å². The second kappa shape index (κ2) is 10.9. The Hall–Kier alpha value is -3.13. The van der Waals surface area contributed by atoms with Gasteiger partial charge in [-0.1, -0.05) is 18.2 Å². The van der Waals surface area contributed by atoms with E-state index in [9.17, 15) is 14.9 Å². The highest BCUT2D eigenvalue weighted by Gasteiger charge is 2.17. The number of amides is 1. The van der Waals surface area contributed by atoms with Crippen LogP contribution in [0.15, 0.2) is 48.5 Å². The van der Waals surface area contributed by atoms with E-state index in [1.807, 2.05) is 37.4 Å². The van der Waals surface area contributed by atoms with Gasteiger partial charge in [0.15, 0.2) is 0 Å². The lowest BCUT2D eigenvalue weighted by atomic mass is 10.1. The van der Waals surface area contributed by atoms with Gasteiger partial charge >= 0.3 is 0 Å². The topological polar surface area (TPSA) is 96.7 Å². The summed E-state index contributed by atoms with van der Waals surface area (Å²) < 4.78 is 4.93. The minimum atomic E-state index is -0.499. The van der Waals surface area contributed by atoms with Crippen LogP contribution in [-0.4, -0.2) is 51.2 Å². The minimum absolute atomic E-state index is 0.132. The van der Waals surface area contributed by atoms with E-state index in [0.29, 0.717) is 25.4 Å². The smallest absolute Gasteiger partial charge is 0.293 e. The summed E-state index contributed by atoms with van der Waals surface area (Å²) in [5.41, 5.74) is 1.61. The number of carbonyl (C=O) groups is 1. The molecule has 0 aliphatic heterocycles. The molecular formula is C20H26N4O4. The maximum Gasteiger partial charge on any atom is 0.293 e. The van der Waals surface area contributed by atoms with E-state index in [4.69, 9.17) is 4.74 Å². The number of nitrogens with one attached hydrogen (secondary N) is 2. The lowest BCUT2D eigenvalue weighted by molar-refractivity contribution is -0.384. The van der Waals surface area contributed by atoms with Crippen molar-refractivity contribution in [3.05, 3.63) is 64.2 Å². The number of anilines is 2. The van der Waals surface area contributed by atoms with Crippen LogP contribution in [0.25, 0.3) is 0 Å². The molecule has 28 heavy (non-hydrogen) atoms. The molecule has 0 unspecified atom stereocenters. The van der Waals surface area contributed by atoms with E-state index in [2.05, 4.69) is 15.5 Å². The minimum Gasteiger partial charge on any atom is -0.383 e. The Bertz CT molecular complexity index is 783. The second-order valence-corrected chi connectivity index (χ2v) is 6.28. The molecule has 0 spiro atoms. The van der Waals surface area contributed by atoms with Gasteiger partial charge in [-0.2, -0.15) is 0 Å². The third kappa shape index (κ3) is 6.24. The van der Waals surface area contributed by atoms with Gasteiger partial charge in [0.05, 0.1) is 11.5 Å². The molecule has 0 atom stereocenters. The summed E-state index contributed by atoms with van der Waals surface area (Å²) in [7, 11) is 3.55. The maximum atomic E-state index is 12.3.